The summed E-state index contributed by atoms with van der Waals surface area (Å²) in [6.07, 6.45) is 2.48. The molecule has 1 amide bonds. The number of aromatic nitrogens is 2. The number of rotatable bonds is 7. The van der Waals surface area contributed by atoms with Crippen LogP contribution in [0.15, 0.2) is 11.1 Å². The van der Waals surface area contributed by atoms with Gasteiger partial charge in [-0.1, -0.05) is 6.92 Å². The quantitative estimate of drug-likeness (QED) is 0.669. The molecule has 0 aliphatic carbocycles. The highest BCUT2D eigenvalue weighted by molar-refractivity contribution is 5.76. The molecule has 0 aromatic carbocycles. The molecule has 0 radical (unpaired) electrons. The van der Waals surface area contributed by atoms with Crippen LogP contribution in [0.25, 0.3) is 0 Å². The first-order chi connectivity index (χ1) is 9.08. The van der Waals surface area contributed by atoms with Crippen molar-refractivity contribution in [3.05, 3.63) is 16.7 Å². The summed E-state index contributed by atoms with van der Waals surface area (Å²) in [5.41, 5.74) is -0.357. The third kappa shape index (κ3) is 4.61. The molecule has 0 bridgehead atoms. The number of nitrogens with zero attached hydrogens (tertiary/aromatic N) is 1. The normalized spacial score (nSPS) is 11.7. The maximum Gasteiger partial charge on any atom is 0.295 e. The maximum atomic E-state index is 11.6. The van der Waals surface area contributed by atoms with Gasteiger partial charge in [0.2, 0.25) is 11.7 Å². The molecule has 1 atom stereocenters. The summed E-state index contributed by atoms with van der Waals surface area (Å²) in [7, 11) is 1.40. The van der Waals surface area contributed by atoms with Gasteiger partial charge in [-0.05, 0) is 13.3 Å². The Kier molecular flexibility index (Phi) is 5.84. The molecule has 7 nitrogen and oxygen atoms in total. The van der Waals surface area contributed by atoms with E-state index in [2.05, 4.69) is 20.6 Å². The van der Waals surface area contributed by atoms with Crippen LogP contribution in [-0.4, -0.2) is 35.6 Å². The number of ether oxygens (including phenoxy) is 1. The summed E-state index contributed by atoms with van der Waals surface area (Å²) >= 11 is 0. The number of H-pyrrole nitrogens is 1. The first-order valence-corrected chi connectivity index (χ1v) is 6.23. The Balaban J connectivity index is 2.48. The third-order valence-corrected chi connectivity index (χ3v) is 2.68. The van der Waals surface area contributed by atoms with Gasteiger partial charge in [-0.25, -0.2) is 4.98 Å². The van der Waals surface area contributed by atoms with Crippen molar-refractivity contribution in [1.29, 1.82) is 0 Å². The van der Waals surface area contributed by atoms with Gasteiger partial charge in [0.15, 0.2) is 5.82 Å². The zero-order valence-electron chi connectivity index (χ0n) is 11.4. The van der Waals surface area contributed by atoms with E-state index >= 15 is 0 Å². The van der Waals surface area contributed by atoms with Crippen molar-refractivity contribution >= 4 is 11.7 Å². The minimum atomic E-state index is -0.357. The Morgan fingerprint density at radius 3 is 2.95 bits per heavy atom. The molecule has 0 spiro atoms. The highest BCUT2D eigenvalue weighted by Gasteiger charge is 2.09. The van der Waals surface area contributed by atoms with Gasteiger partial charge in [0, 0.05) is 19.0 Å². The van der Waals surface area contributed by atoms with Crippen LogP contribution in [0.2, 0.25) is 0 Å². The summed E-state index contributed by atoms with van der Waals surface area (Å²) in [4.78, 5) is 29.3. The van der Waals surface area contributed by atoms with E-state index < -0.39 is 0 Å². The number of hydrogen-bond donors (Lipinski definition) is 3. The number of hydrogen-bond acceptors (Lipinski definition) is 5. The minimum Gasteiger partial charge on any atom is -0.489 e. The zero-order chi connectivity index (χ0) is 14.3. The second-order valence-corrected chi connectivity index (χ2v) is 4.17. The molecule has 1 aromatic rings. The van der Waals surface area contributed by atoms with E-state index in [1.165, 1.54) is 13.4 Å². The van der Waals surface area contributed by atoms with Gasteiger partial charge in [-0.15, -0.1) is 0 Å². The molecule has 0 saturated carbocycles. The summed E-state index contributed by atoms with van der Waals surface area (Å²) < 4.78 is 4.95. The number of carbonyl (C=O) groups excluding carboxylic acids is 1. The Hall–Kier alpha value is -2.05. The Bertz CT molecular complexity index is 472. The Morgan fingerprint density at radius 2 is 2.32 bits per heavy atom. The van der Waals surface area contributed by atoms with Crippen LogP contribution < -0.4 is 20.9 Å². The molecule has 1 rings (SSSR count). The lowest BCUT2D eigenvalue weighted by Gasteiger charge is -2.12. The van der Waals surface area contributed by atoms with Crippen LogP contribution in [0.4, 0.5) is 5.82 Å². The Labute approximate surface area is 111 Å². The van der Waals surface area contributed by atoms with E-state index in [9.17, 15) is 9.59 Å². The van der Waals surface area contributed by atoms with Crippen LogP contribution in [0, 0.1) is 0 Å². The second-order valence-electron chi connectivity index (χ2n) is 4.17. The monoisotopic (exact) mass is 268 g/mol. The van der Waals surface area contributed by atoms with E-state index in [4.69, 9.17) is 4.74 Å². The largest absolute Gasteiger partial charge is 0.489 e. The molecular formula is C12H20N4O3. The van der Waals surface area contributed by atoms with Crippen molar-refractivity contribution < 1.29 is 9.53 Å². The summed E-state index contributed by atoms with van der Waals surface area (Å²) in [5, 5.41) is 5.77. The molecule has 0 fully saturated rings. The van der Waals surface area contributed by atoms with Crippen LogP contribution in [0.1, 0.15) is 26.7 Å². The van der Waals surface area contributed by atoms with Crippen molar-refractivity contribution in [2.75, 3.05) is 19.0 Å². The van der Waals surface area contributed by atoms with Crippen molar-refractivity contribution in [3.8, 4) is 5.75 Å². The molecule has 106 valence electrons. The van der Waals surface area contributed by atoms with Crippen molar-refractivity contribution in [3.63, 3.8) is 0 Å². The predicted molar refractivity (Wildman–Crippen MR) is 72.4 cm³/mol. The standard InChI is InChI=1S/C12H20N4O3/c1-4-8(2)16-9(17)5-6-13-11-10(19-3)12(18)15-7-14-11/h7-8H,4-6H2,1-3H3,(H,16,17)(H2,13,14,15,18). The van der Waals surface area contributed by atoms with Crippen molar-refractivity contribution in [1.82, 2.24) is 15.3 Å². The lowest BCUT2D eigenvalue weighted by Crippen LogP contribution is -2.33. The molecule has 1 aromatic heterocycles. The summed E-state index contributed by atoms with van der Waals surface area (Å²) in [5.74, 6) is 0.415. The van der Waals surface area contributed by atoms with Gasteiger partial charge < -0.3 is 20.4 Å². The van der Waals surface area contributed by atoms with Crippen molar-refractivity contribution in [2.45, 2.75) is 32.7 Å². The molecule has 0 aliphatic rings. The summed E-state index contributed by atoms with van der Waals surface area (Å²) in [6, 6.07) is 0.166. The first-order valence-electron chi connectivity index (χ1n) is 6.23. The third-order valence-electron chi connectivity index (χ3n) is 2.68. The topological polar surface area (TPSA) is 96.1 Å². The van der Waals surface area contributed by atoms with E-state index in [0.29, 0.717) is 18.8 Å². The SMILES string of the molecule is CCC(C)NC(=O)CCNc1nc[nH]c(=O)c1OC. The molecule has 3 N–H and O–H groups in total. The first kappa shape index (κ1) is 15.0. The van der Waals surface area contributed by atoms with Crippen LogP contribution in [0.3, 0.4) is 0 Å². The maximum absolute atomic E-state index is 11.6. The highest BCUT2D eigenvalue weighted by Crippen LogP contribution is 2.13. The van der Waals surface area contributed by atoms with Gasteiger partial charge in [-0.3, -0.25) is 9.59 Å². The van der Waals surface area contributed by atoms with Gasteiger partial charge in [0.1, 0.15) is 0 Å². The van der Waals surface area contributed by atoms with Gasteiger partial charge in [0.25, 0.3) is 5.56 Å². The summed E-state index contributed by atoms with van der Waals surface area (Å²) in [6.45, 7) is 4.34. The minimum absolute atomic E-state index is 0.0364. The lowest BCUT2D eigenvalue weighted by molar-refractivity contribution is -0.121. The fourth-order valence-corrected chi connectivity index (χ4v) is 1.45. The molecule has 0 aliphatic heterocycles. The van der Waals surface area contributed by atoms with Gasteiger partial charge >= 0.3 is 0 Å². The van der Waals surface area contributed by atoms with E-state index in [0.717, 1.165) is 6.42 Å². The smallest absolute Gasteiger partial charge is 0.295 e. The molecule has 7 heteroatoms. The van der Waals surface area contributed by atoms with Crippen LogP contribution in [0.5, 0.6) is 5.75 Å². The number of amides is 1. The van der Waals surface area contributed by atoms with Crippen LogP contribution >= 0.6 is 0 Å². The molecular weight excluding hydrogens is 248 g/mol. The van der Waals surface area contributed by atoms with E-state index in [1.807, 2.05) is 13.8 Å². The van der Waals surface area contributed by atoms with E-state index in [1.54, 1.807) is 0 Å². The molecule has 1 unspecified atom stereocenters. The number of methoxy groups -OCH3 is 1. The zero-order valence-corrected chi connectivity index (χ0v) is 11.4. The fraction of sp³-hybridized carbons (Fsp3) is 0.583. The molecule has 1 heterocycles. The number of aromatic amines is 1. The highest BCUT2D eigenvalue weighted by atomic mass is 16.5. The van der Waals surface area contributed by atoms with Gasteiger partial charge in [-0.2, -0.15) is 0 Å². The van der Waals surface area contributed by atoms with Crippen LogP contribution in [-0.2, 0) is 4.79 Å². The number of nitrogens with one attached hydrogen (secondary N) is 3. The number of carbonyl (C=O) groups is 1. The second kappa shape index (κ2) is 7.40. The lowest BCUT2D eigenvalue weighted by atomic mass is 10.2. The van der Waals surface area contributed by atoms with E-state index in [-0.39, 0.29) is 23.3 Å². The molecule has 0 saturated heterocycles. The average Bonchev–Trinajstić information content (AvgIpc) is 2.38. The Morgan fingerprint density at radius 1 is 1.58 bits per heavy atom. The number of anilines is 1. The van der Waals surface area contributed by atoms with Gasteiger partial charge in [0.05, 0.1) is 13.4 Å². The van der Waals surface area contributed by atoms with Crippen molar-refractivity contribution in [2.24, 2.45) is 0 Å². The molecule has 19 heavy (non-hydrogen) atoms. The average molecular weight is 268 g/mol. The predicted octanol–water partition coefficient (Wildman–Crippen LogP) is 0.495. The fourth-order valence-electron chi connectivity index (χ4n) is 1.45.